The molecule has 2 fully saturated rings. The highest BCUT2D eigenvalue weighted by Crippen LogP contribution is 2.38. The molecule has 1 saturated heterocycles. The standard InChI is InChI=1S/C14H25NO3/c1-10-5-3-7-14(11(10)2,13(16)17)15-9-12-6-4-8-18-12/h10-12,15H,3-9H2,1-2H3,(H,16,17). The average Bonchev–Trinajstić information content (AvgIpc) is 2.84. The highest BCUT2D eigenvalue weighted by atomic mass is 16.5. The minimum Gasteiger partial charge on any atom is -0.480 e. The van der Waals surface area contributed by atoms with Gasteiger partial charge in [0.1, 0.15) is 5.54 Å². The zero-order chi connectivity index (χ0) is 13.2. The Morgan fingerprint density at radius 1 is 1.39 bits per heavy atom. The third kappa shape index (κ3) is 2.54. The van der Waals surface area contributed by atoms with E-state index in [-0.39, 0.29) is 12.0 Å². The number of carboxylic acid groups (broad SMARTS) is 1. The van der Waals surface area contributed by atoms with Crippen molar-refractivity contribution < 1.29 is 14.6 Å². The summed E-state index contributed by atoms with van der Waals surface area (Å²) in [7, 11) is 0. The number of carboxylic acids is 1. The fourth-order valence-corrected chi connectivity index (χ4v) is 3.39. The van der Waals surface area contributed by atoms with Crippen molar-refractivity contribution in [1.29, 1.82) is 0 Å². The lowest BCUT2D eigenvalue weighted by Gasteiger charge is -2.43. The minimum atomic E-state index is -0.746. The predicted octanol–water partition coefficient (Wildman–Crippen LogP) is 2.03. The van der Waals surface area contributed by atoms with Crippen LogP contribution in [0.3, 0.4) is 0 Å². The van der Waals surface area contributed by atoms with Crippen LogP contribution in [0, 0.1) is 11.8 Å². The fourth-order valence-electron chi connectivity index (χ4n) is 3.39. The van der Waals surface area contributed by atoms with Crippen LogP contribution in [-0.4, -0.2) is 35.9 Å². The van der Waals surface area contributed by atoms with Crippen molar-refractivity contribution in [2.24, 2.45) is 11.8 Å². The van der Waals surface area contributed by atoms with E-state index in [1.807, 2.05) is 0 Å². The van der Waals surface area contributed by atoms with Crippen molar-refractivity contribution >= 4 is 5.97 Å². The van der Waals surface area contributed by atoms with Gasteiger partial charge in [0, 0.05) is 13.2 Å². The number of ether oxygens (including phenoxy) is 1. The number of hydrogen-bond acceptors (Lipinski definition) is 3. The number of aliphatic carboxylic acids is 1. The monoisotopic (exact) mass is 255 g/mol. The molecule has 4 unspecified atom stereocenters. The molecule has 0 radical (unpaired) electrons. The fraction of sp³-hybridized carbons (Fsp3) is 0.929. The molecule has 18 heavy (non-hydrogen) atoms. The van der Waals surface area contributed by atoms with Crippen molar-refractivity contribution in [3.05, 3.63) is 0 Å². The Kier molecular flexibility index (Phi) is 4.28. The van der Waals surface area contributed by atoms with E-state index in [1.54, 1.807) is 0 Å². The van der Waals surface area contributed by atoms with E-state index in [4.69, 9.17) is 4.74 Å². The number of hydrogen-bond donors (Lipinski definition) is 2. The van der Waals surface area contributed by atoms with Crippen molar-refractivity contribution in [2.75, 3.05) is 13.2 Å². The second kappa shape index (κ2) is 5.57. The molecule has 0 bridgehead atoms. The van der Waals surface area contributed by atoms with Gasteiger partial charge in [-0.15, -0.1) is 0 Å². The van der Waals surface area contributed by atoms with E-state index in [1.165, 1.54) is 0 Å². The summed E-state index contributed by atoms with van der Waals surface area (Å²) in [5, 5.41) is 13.0. The second-order valence-electron chi connectivity index (χ2n) is 5.95. The summed E-state index contributed by atoms with van der Waals surface area (Å²) >= 11 is 0. The molecule has 104 valence electrons. The Hall–Kier alpha value is -0.610. The van der Waals surface area contributed by atoms with E-state index >= 15 is 0 Å². The van der Waals surface area contributed by atoms with Crippen LogP contribution in [0.1, 0.15) is 46.0 Å². The molecule has 0 aromatic rings. The van der Waals surface area contributed by atoms with Crippen LogP contribution >= 0.6 is 0 Å². The van der Waals surface area contributed by atoms with Gasteiger partial charge in [-0.05, 0) is 31.1 Å². The number of nitrogens with one attached hydrogen (secondary N) is 1. The van der Waals surface area contributed by atoms with Crippen LogP contribution in [0.2, 0.25) is 0 Å². The summed E-state index contributed by atoms with van der Waals surface area (Å²) in [6.45, 7) is 5.72. The normalized spacial score (nSPS) is 40.9. The highest BCUT2D eigenvalue weighted by molar-refractivity contribution is 5.79. The molecule has 4 atom stereocenters. The summed E-state index contributed by atoms with van der Waals surface area (Å²) in [6, 6.07) is 0. The van der Waals surface area contributed by atoms with Gasteiger partial charge in [-0.25, -0.2) is 0 Å². The van der Waals surface area contributed by atoms with Crippen LogP contribution < -0.4 is 5.32 Å². The van der Waals surface area contributed by atoms with Crippen LogP contribution in [0.5, 0.6) is 0 Å². The summed E-state index contributed by atoms with van der Waals surface area (Å²) in [5.41, 5.74) is -0.746. The first-order valence-electron chi connectivity index (χ1n) is 7.16. The van der Waals surface area contributed by atoms with Gasteiger partial charge in [-0.3, -0.25) is 10.1 Å². The lowest BCUT2D eigenvalue weighted by atomic mass is 9.68. The molecule has 1 saturated carbocycles. The van der Waals surface area contributed by atoms with Gasteiger partial charge in [-0.1, -0.05) is 26.7 Å². The van der Waals surface area contributed by atoms with E-state index in [9.17, 15) is 9.90 Å². The molecule has 0 aromatic carbocycles. The topological polar surface area (TPSA) is 58.6 Å². The summed E-state index contributed by atoms with van der Waals surface area (Å²) in [5.74, 6) is -0.0588. The highest BCUT2D eigenvalue weighted by Gasteiger charge is 2.47. The third-order valence-electron chi connectivity index (χ3n) is 4.91. The molecular formula is C14H25NO3. The maximum atomic E-state index is 11.7. The summed E-state index contributed by atoms with van der Waals surface area (Å²) < 4.78 is 5.58. The van der Waals surface area contributed by atoms with Gasteiger partial charge in [0.25, 0.3) is 0 Å². The lowest BCUT2D eigenvalue weighted by Crippen LogP contribution is -2.61. The lowest BCUT2D eigenvalue weighted by molar-refractivity contribution is -0.150. The number of carbonyl (C=O) groups is 1. The molecule has 0 aromatic heterocycles. The van der Waals surface area contributed by atoms with Gasteiger partial charge < -0.3 is 9.84 Å². The SMILES string of the molecule is CC1CCCC(NCC2CCCO2)(C(=O)O)C1C. The molecule has 2 rings (SSSR count). The molecule has 0 amide bonds. The first-order chi connectivity index (χ1) is 8.56. The van der Waals surface area contributed by atoms with Crippen molar-refractivity contribution in [1.82, 2.24) is 5.32 Å². The first-order valence-corrected chi connectivity index (χ1v) is 7.16. The van der Waals surface area contributed by atoms with Crippen molar-refractivity contribution in [3.8, 4) is 0 Å². The minimum absolute atomic E-state index is 0.171. The maximum absolute atomic E-state index is 11.7. The zero-order valence-corrected chi connectivity index (χ0v) is 11.4. The second-order valence-corrected chi connectivity index (χ2v) is 5.95. The van der Waals surface area contributed by atoms with E-state index in [0.717, 1.165) is 38.7 Å². The van der Waals surface area contributed by atoms with Crippen LogP contribution in [0.25, 0.3) is 0 Å². The zero-order valence-electron chi connectivity index (χ0n) is 11.4. The number of rotatable bonds is 4. The Morgan fingerprint density at radius 3 is 2.78 bits per heavy atom. The van der Waals surface area contributed by atoms with E-state index in [2.05, 4.69) is 19.2 Å². The molecule has 4 nitrogen and oxygen atoms in total. The largest absolute Gasteiger partial charge is 0.480 e. The molecule has 1 heterocycles. The first kappa shape index (κ1) is 13.8. The van der Waals surface area contributed by atoms with Crippen molar-refractivity contribution in [3.63, 3.8) is 0 Å². The maximum Gasteiger partial charge on any atom is 0.324 e. The summed E-state index contributed by atoms with van der Waals surface area (Å²) in [4.78, 5) is 11.7. The van der Waals surface area contributed by atoms with E-state index < -0.39 is 11.5 Å². The van der Waals surface area contributed by atoms with Gasteiger partial charge in [-0.2, -0.15) is 0 Å². The molecule has 1 aliphatic carbocycles. The Labute approximate surface area is 109 Å². The van der Waals surface area contributed by atoms with Gasteiger partial charge in [0.05, 0.1) is 6.10 Å². The predicted molar refractivity (Wildman–Crippen MR) is 69.5 cm³/mol. The molecule has 2 aliphatic rings. The van der Waals surface area contributed by atoms with Crippen LogP contribution in [0.15, 0.2) is 0 Å². The van der Waals surface area contributed by atoms with Gasteiger partial charge >= 0.3 is 5.97 Å². The Balaban J connectivity index is 2.03. The Bertz CT molecular complexity index is 301. The molecule has 0 spiro atoms. The quantitative estimate of drug-likeness (QED) is 0.807. The molecule has 1 aliphatic heterocycles. The van der Waals surface area contributed by atoms with Crippen molar-refractivity contribution in [2.45, 2.75) is 57.6 Å². The molecule has 4 heteroatoms. The third-order valence-corrected chi connectivity index (χ3v) is 4.91. The van der Waals surface area contributed by atoms with Crippen LogP contribution in [0.4, 0.5) is 0 Å². The molecule has 2 N–H and O–H groups in total. The average molecular weight is 255 g/mol. The van der Waals surface area contributed by atoms with Gasteiger partial charge in [0.2, 0.25) is 0 Å². The van der Waals surface area contributed by atoms with E-state index in [0.29, 0.717) is 12.5 Å². The van der Waals surface area contributed by atoms with Crippen LogP contribution in [-0.2, 0) is 9.53 Å². The Morgan fingerprint density at radius 2 is 2.17 bits per heavy atom. The van der Waals surface area contributed by atoms with Gasteiger partial charge in [0.15, 0.2) is 0 Å². The summed E-state index contributed by atoms with van der Waals surface area (Å²) in [6.07, 6.45) is 5.21. The molecular weight excluding hydrogens is 230 g/mol. The smallest absolute Gasteiger partial charge is 0.324 e.